The molecule has 0 radical (unpaired) electrons. The number of rotatable bonds is 5. The van der Waals surface area contributed by atoms with Crippen molar-refractivity contribution < 1.29 is 4.74 Å². The highest BCUT2D eigenvalue weighted by atomic mass is 16.5. The maximum absolute atomic E-state index is 5.61. The molecule has 1 aliphatic rings. The van der Waals surface area contributed by atoms with Gasteiger partial charge in [-0.3, -0.25) is 9.67 Å². The van der Waals surface area contributed by atoms with E-state index in [0.29, 0.717) is 6.10 Å². The van der Waals surface area contributed by atoms with Crippen molar-refractivity contribution in [1.82, 2.24) is 14.8 Å². The molecule has 0 amide bonds. The molecule has 100 valence electrons. The predicted molar refractivity (Wildman–Crippen MR) is 72.8 cm³/mol. The smallest absolute Gasteiger partial charge is 0.0771 e. The molecule has 0 aliphatic carbocycles. The Morgan fingerprint density at radius 1 is 1.42 bits per heavy atom. The van der Waals surface area contributed by atoms with E-state index in [0.717, 1.165) is 43.8 Å². The van der Waals surface area contributed by atoms with Crippen molar-refractivity contribution in [2.45, 2.75) is 32.0 Å². The minimum atomic E-state index is 0.325. The molecule has 1 saturated heterocycles. The number of nitrogens with one attached hydrogen (secondary N) is 1. The van der Waals surface area contributed by atoms with Crippen LogP contribution >= 0.6 is 0 Å². The van der Waals surface area contributed by atoms with Crippen molar-refractivity contribution >= 4 is 5.69 Å². The highest BCUT2D eigenvalue weighted by Gasteiger charge is 2.16. The summed E-state index contributed by atoms with van der Waals surface area (Å²) >= 11 is 0. The van der Waals surface area contributed by atoms with Gasteiger partial charge in [0.05, 0.1) is 24.5 Å². The summed E-state index contributed by atoms with van der Waals surface area (Å²) < 4.78 is 7.55. The summed E-state index contributed by atoms with van der Waals surface area (Å²) in [6.45, 7) is 2.49. The molecular formula is C14H18N4O. The molecule has 1 N–H and O–H groups in total. The first-order chi connectivity index (χ1) is 9.40. The van der Waals surface area contributed by atoms with E-state index in [4.69, 9.17) is 4.74 Å². The van der Waals surface area contributed by atoms with Gasteiger partial charge in [-0.15, -0.1) is 0 Å². The second kappa shape index (κ2) is 5.84. The van der Waals surface area contributed by atoms with Crippen LogP contribution in [0.25, 0.3) is 0 Å². The molecule has 1 fully saturated rings. The first-order valence-electron chi connectivity index (χ1n) is 6.67. The SMILES string of the molecule is c1cncc(CNc2cnn(CC3CCCO3)c2)c1. The van der Waals surface area contributed by atoms with Gasteiger partial charge >= 0.3 is 0 Å². The maximum atomic E-state index is 5.61. The summed E-state index contributed by atoms with van der Waals surface area (Å²) in [5.74, 6) is 0. The van der Waals surface area contributed by atoms with Gasteiger partial charge in [-0.1, -0.05) is 6.07 Å². The quantitative estimate of drug-likeness (QED) is 0.892. The lowest BCUT2D eigenvalue weighted by Crippen LogP contribution is -2.15. The number of nitrogens with zero attached hydrogens (tertiary/aromatic N) is 3. The average molecular weight is 258 g/mol. The lowest BCUT2D eigenvalue weighted by molar-refractivity contribution is 0.0940. The zero-order valence-electron chi connectivity index (χ0n) is 10.8. The number of anilines is 1. The van der Waals surface area contributed by atoms with Gasteiger partial charge in [-0.25, -0.2) is 0 Å². The molecule has 19 heavy (non-hydrogen) atoms. The average Bonchev–Trinajstić information content (AvgIpc) is 3.10. The Morgan fingerprint density at radius 2 is 2.42 bits per heavy atom. The summed E-state index contributed by atoms with van der Waals surface area (Å²) in [6.07, 6.45) is 10.2. The van der Waals surface area contributed by atoms with E-state index in [1.807, 2.05) is 29.3 Å². The first kappa shape index (κ1) is 12.2. The number of pyridine rings is 1. The molecule has 1 aliphatic heterocycles. The number of hydrogen-bond donors (Lipinski definition) is 1. The van der Waals surface area contributed by atoms with Gasteiger partial charge in [0.2, 0.25) is 0 Å². The first-order valence-corrected chi connectivity index (χ1v) is 6.67. The Kier molecular flexibility index (Phi) is 3.74. The van der Waals surface area contributed by atoms with Crippen LogP contribution in [0.5, 0.6) is 0 Å². The van der Waals surface area contributed by atoms with Crippen molar-refractivity contribution in [3.63, 3.8) is 0 Å². The third kappa shape index (κ3) is 3.32. The molecule has 3 heterocycles. The second-order valence-electron chi connectivity index (χ2n) is 4.80. The van der Waals surface area contributed by atoms with E-state index in [-0.39, 0.29) is 0 Å². The minimum Gasteiger partial charge on any atom is -0.378 e. The lowest BCUT2D eigenvalue weighted by atomic mass is 10.2. The second-order valence-corrected chi connectivity index (χ2v) is 4.80. The Hall–Kier alpha value is -1.88. The van der Waals surface area contributed by atoms with Crippen LogP contribution < -0.4 is 5.32 Å². The number of aromatic nitrogens is 3. The van der Waals surface area contributed by atoms with E-state index in [1.165, 1.54) is 0 Å². The fraction of sp³-hybridized carbons (Fsp3) is 0.429. The van der Waals surface area contributed by atoms with Crippen molar-refractivity contribution in [3.8, 4) is 0 Å². The highest BCUT2D eigenvalue weighted by molar-refractivity contribution is 5.38. The summed E-state index contributed by atoms with van der Waals surface area (Å²) in [6, 6.07) is 3.99. The normalized spacial score (nSPS) is 18.6. The van der Waals surface area contributed by atoms with Crippen LogP contribution in [0.4, 0.5) is 5.69 Å². The van der Waals surface area contributed by atoms with Crippen molar-refractivity contribution in [2.24, 2.45) is 0 Å². The lowest BCUT2D eigenvalue weighted by Gasteiger charge is -2.08. The Labute approximate surface area is 112 Å². The van der Waals surface area contributed by atoms with Crippen molar-refractivity contribution in [1.29, 1.82) is 0 Å². The van der Waals surface area contributed by atoms with Gasteiger partial charge in [0.1, 0.15) is 0 Å². The fourth-order valence-electron chi connectivity index (χ4n) is 2.26. The molecule has 5 heteroatoms. The van der Waals surface area contributed by atoms with E-state index in [1.54, 1.807) is 6.20 Å². The van der Waals surface area contributed by atoms with E-state index in [2.05, 4.69) is 21.5 Å². The van der Waals surface area contributed by atoms with Gasteiger partial charge in [-0.05, 0) is 24.5 Å². The molecule has 1 atom stereocenters. The van der Waals surface area contributed by atoms with Crippen LogP contribution in [0.1, 0.15) is 18.4 Å². The Morgan fingerprint density at radius 3 is 3.21 bits per heavy atom. The predicted octanol–water partition coefficient (Wildman–Crippen LogP) is 2.07. The van der Waals surface area contributed by atoms with Gasteiger partial charge in [0.25, 0.3) is 0 Å². The summed E-state index contributed by atoms with van der Waals surface area (Å²) in [5.41, 5.74) is 2.19. The molecular weight excluding hydrogens is 240 g/mol. The third-order valence-electron chi connectivity index (χ3n) is 3.27. The fourth-order valence-corrected chi connectivity index (χ4v) is 2.26. The zero-order chi connectivity index (χ0) is 12.9. The van der Waals surface area contributed by atoms with Crippen LogP contribution in [0.15, 0.2) is 36.9 Å². The van der Waals surface area contributed by atoms with Gasteiger partial charge < -0.3 is 10.1 Å². The summed E-state index contributed by atoms with van der Waals surface area (Å²) in [4.78, 5) is 4.09. The van der Waals surface area contributed by atoms with Gasteiger partial charge in [-0.2, -0.15) is 5.10 Å². The molecule has 0 saturated carbocycles. The van der Waals surface area contributed by atoms with Gasteiger partial charge in [0.15, 0.2) is 0 Å². The Bertz CT molecular complexity index is 505. The Balaban J connectivity index is 1.53. The van der Waals surface area contributed by atoms with Gasteiger partial charge in [0, 0.05) is 31.7 Å². The van der Waals surface area contributed by atoms with Crippen LogP contribution in [0.3, 0.4) is 0 Å². The molecule has 1 unspecified atom stereocenters. The monoisotopic (exact) mass is 258 g/mol. The summed E-state index contributed by atoms with van der Waals surface area (Å²) in [7, 11) is 0. The largest absolute Gasteiger partial charge is 0.378 e. The van der Waals surface area contributed by atoms with Crippen molar-refractivity contribution in [2.75, 3.05) is 11.9 Å². The van der Waals surface area contributed by atoms with Crippen molar-refractivity contribution in [3.05, 3.63) is 42.5 Å². The molecule has 0 bridgehead atoms. The third-order valence-corrected chi connectivity index (χ3v) is 3.27. The minimum absolute atomic E-state index is 0.325. The molecule has 5 nitrogen and oxygen atoms in total. The molecule has 2 aromatic rings. The van der Waals surface area contributed by atoms with Crippen LogP contribution in [-0.4, -0.2) is 27.5 Å². The highest BCUT2D eigenvalue weighted by Crippen LogP contribution is 2.15. The van der Waals surface area contributed by atoms with Crippen LogP contribution in [0, 0.1) is 0 Å². The van der Waals surface area contributed by atoms with E-state index < -0.39 is 0 Å². The number of ether oxygens (including phenoxy) is 1. The summed E-state index contributed by atoms with van der Waals surface area (Å²) in [5, 5.41) is 7.69. The van der Waals surface area contributed by atoms with E-state index >= 15 is 0 Å². The molecule has 3 rings (SSSR count). The standard InChI is InChI=1S/C14H18N4O/c1-3-12(7-15-5-1)8-16-13-9-17-18(10-13)11-14-4-2-6-19-14/h1,3,5,7,9-10,14,16H,2,4,6,8,11H2. The molecule has 2 aromatic heterocycles. The topological polar surface area (TPSA) is 52.0 Å². The van der Waals surface area contributed by atoms with Crippen LogP contribution in [-0.2, 0) is 17.8 Å². The maximum Gasteiger partial charge on any atom is 0.0771 e. The number of hydrogen-bond acceptors (Lipinski definition) is 4. The molecule has 0 aromatic carbocycles. The van der Waals surface area contributed by atoms with Crippen LogP contribution in [0.2, 0.25) is 0 Å². The van der Waals surface area contributed by atoms with E-state index in [9.17, 15) is 0 Å². The molecule has 0 spiro atoms. The zero-order valence-corrected chi connectivity index (χ0v) is 10.8.